The molecule has 3 aromatic rings. The van der Waals surface area contributed by atoms with E-state index in [4.69, 9.17) is 15.2 Å². The second-order valence-corrected chi connectivity index (χ2v) is 6.20. The summed E-state index contributed by atoms with van der Waals surface area (Å²) in [6.07, 6.45) is 7.85. The number of carbonyl (C=O) groups excluding carboxylic acids is 1. The second-order valence-electron chi connectivity index (χ2n) is 6.20. The van der Waals surface area contributed by atoms with Gasteiger partial charge in [-0.3, -0.25) is 9.78 Å². The normalized spacial score (nSPS) is 12.4. The van der Waals surface area contributed by atoms with E-state index in [2.05, 4.69) is 4.98 Å². The van der Waals surface area contributed by atoms with E-state index in [1.54, 1.807) is 30.6 Å². The number of nitrogens with two attached hydrogens (primary N) is 1. The standard InChI is InChI=1S/C22H18N2O3/c23-18-6-5-16(19(13-18)22(25)17-8-10-24-11-9-17)3-1-2-15-4-7-20-21(12-15)27-14-26-20/h1-2,4-13H,3,14,23H2/b2-1+. The van der Waals surface area contributed by atoms with Crippen LogP contribution in [0.4, 0.5) is 5.69 Å². The highest BCUT2D eigenvalue weighted by molar-refractivity contribution is 6.10. The van der Waals surface area contributed by atoms with Crippen LogP contribution in [-0.2, 0) is 6.42 Å². The Balaban J connectivity index is 1.56. The van der Waals surface area contributed by atoms with Gasteiger partial charge in [-0.15, -0.1) is 0 Å². The molecule has 0 atom stereocenters. The predicted molar refractivity (Wildman–Crippen MR) is 104 cm³/mol. The molecule has 5 heteroatoms. The summed E-state index contributed by atoms with van der Waals surface area (Å²) < 4.78 is 10.7. The first kappa shape index (κ1) is 16.8. The van der Waals surface area contributed by atoms with Crippen molar-refractivity contribution in [3.05, 3.63) is 89.3 Å². The van der Waals surface area contributed by atoms with E-state index < -0.39 is 0 Å². The summed E-state index contributed by atoms with van der Waals surface area (Å²) in [5.41, 5.74) is 9.60. The quantitative estimate of drug-likeness (QED) is 0.553. The molecule has 2 N–H and O–H groups in total. The van der Waals surface area contributed by atoms with Crippen molar-refractivity contribution < 1.29 is 14.3 Å². The van der Waals surface area contributed by atoms with Crippen molar-refractivity contribution >= 4 is 17.5 Å². The topological polar surface area (TPSA) is 74.4 Å². The highest BCUT2D eigenvalue weighted by atomic mass is 16.7. The molecule has 0 unspecified atom stereocenters. The Morgan fingerprint density at radius 2 is 1.85 bits per heavy atom. The van der Waals surface area contributed by atoms with Gasteiger partial charge in [0.2, 0.25) is 6.79 Å². The summed E-state index contributed by atoms with van der Waals surface area (Å²) in [5.74, 6) is 1.45. The lowest BCUT2D eigenvalue weighted by Gasteiger charge is -2.08. The van der Waals surface area contributed by atoms with Crippen molar-refractivity contribution in [2.75, 3.05) is 12.5 Å². The minimum absolute atomic E-state index is 0.0591. The largest absolute Gasteiger partial charge is 0.454 e. The smallest absolute Gasteiger partial charge is 0.231 e. The van der Waals surface area contributed by atoms with E-state index in [9.17, 15) is 4.79 Å². The highest BCUT2D eigenvalue weighted by Gasteiger charge is 2.14. The van der Waals surface area contributed by atoms with Gasteiger partial charge in [-0.25, -0.2) is 0 Å². The van der Waals surface area contributed by atoms with Crippen LogP contribution < -0.4 is 15.2 Å². The summed E-state index contributed by atoms with van der Waals surface area (Å²) in [5, 5.41) is 0. The summed E-state index contributed by atoms with van der Waals surface area (Å²) >= 11 is 0. The third-order valence-corrected chi connectivity index (χ3v) is 4.37. The molecule has 5 nitrogen and oxygen atoms in total. The number of ketones is 1. The molecular weight excluding hydrogens is 340 g/mol. The molecule has 0 amide bonds. The zero-order valence-electron chi connectivity index (χ0n) is 14.6. The van der Waals surface area contributed by atoms with E-state index in [1.165, 1.54) is 0 Å². The lowest BCUT2D eigenvalue weighted by molar-refractivity contribution is 0.103. The van der Waals surface area contributed by atoms with Gasteiger partial charge in [-0.2, -0.15) is 0 Å². The minimum atomic E-state index is -0.0591. The maximum Gasteiger partial charge on any atom is 0.231 e. The molecule has 0 aliphatic carbocycles. The van der Waals surface area contributed by atoms with E-state index >= 15 is 0 Å². The molecule has 27 heavy (non-hydrogen) atoms. The summed E-state index contributed by atoms with van der Waals surface area (Å²) in [6, 6.07) is 14.6. The van der Waals surface area contributed by atoms with E-state index in [1.807, 2.05) is 42.5 Å². The average Bonchev–Trinajstić information content (AvgIpc) is 3.17. The fraction of sp³-hybridized carbons (Fsp3) is 0.0909. The molecule has 134 valence electrons. The van der Waals surface area contributed by atoms with Gasteiger partial charge in [-0.1, -0.05) is 24.3 Å². The number of hydrogen-bond acceptors (Lipinski definition) is 5. The fourth-order valence-corrected chi connectivity index (χ4v) is 2.98. The number of allylic oxidation sites excluding steroid dienone is 1. The van der Waals surface area contributed by atoms with E-state index in [0.29, 0.717) is 23.2 Å². The highest BCUT2D eigenvalue weighted by Crippen LogP contribution is 2.32. The Morgan fingerprint density at radius 3 is 2.70 bits per heavy atom. The summed E-state index contributed by atoms with van der Waals surface area (Å²) in [4.78, 5) is 16.8. The summed E-state index contributed by atoms with van der Waals surface area (Å²) in [7, 11) is 0. The third kappa shape index (κ3) is 3.67. The molecule has 0 saturated carbocycles. The molecule has 2 heterocycles. The zero-order chi connectivity index (χ0) is 18.6. The SMILES string of the molecule is Nc1ccc(C/C=C/c2ccc3c(c2)OCO3)c(C(=O)c2ccncc2)c1. The monoisotopic (exact) mass is 358 g/mol. The zero-order valence-corrected chi connectivity index (χ0v) is 14.6. The molecule has 0 radical (unpaired) electrons. The molecular formula is C22H18N2O3. The fourth-order valence-electron chi connectivity index (χ4n) is 2.98. The number of rotatable bonds is 5. The Hall–Kier alpha value is -3.60. The Morgan fingerprint density at radius 1 is 1.04 bits per heavy atom. The van der Waals surface area contributed by atoms with Gasteiger partial charge in [-0.05, 0) is 53.9 Å². The van der Waals surface area contributed by atoms with Crippen molar-refractivity contribution in [3.8, 4) is 11.5 Å². The van der Waals surface area contributed by atoms with Gasteiger partial charge in [0.15, 0.2) is 17.3 Å². The van der Waals surface area contributed by atoms with Gasteiger partial charge in [0.25, 0.3) is 0 Å². The Labute approximate surface area is 157 Å². The molecule has 1 aliphatic heterocycles. The number of anilines is 1. The van der Waals surface area contributed by atoms with Crippen molar-refractivity contribution in [3.63, 3.8) is 0 Å². The first-order valence-electron chi connectivity index (χ1n) is 8.60. The number of ether oxygens (including phenoxy) is 2. The number of aromatic nitrogens is 1. The molecule has 0 fully saturated rings. The number of nitrogens with zero attached hydrogens (tertiary/aromatic N) is 1. The van der Waals surface area contributed by atoms with Crippen LogP contribution in [0.5, 0.6) is 11.5 Å². The maximum atomic E-state index is 12.8. The van der Waals surface area contributed by atoms with E-state index in [-0.39, 0.29) is 12.6 Å². The Kier molecular flexibility index (Phi) is 4.58. The van der Waals surface area contributed by atoms with Crippen molar-refractivity contribution in [1.29, 1.82) is 0 Å². The molecule has 0 spiro atoms. The molecule has 1 aromatic heterocycles. The predicted octanol–water partition coefficient (Wildman–Crippen LogP) is 3.88. The number of nitrogen functional groups attached to an aromatic ring is 1. The lowest BCUT2D eigenvalue weighted by Crippen LogP contribution is -2.06. The second kappa shape index (κ2) is 7.33. The number of benzene rings is 2. The number of carbonyl (C=O) groups is 1. The maximum absolute atomic E-state index is 12.8. The minimum Gasteiger partial charge on any atom is -0.454 e. The van der Waals surface area contributed by atoms with Crippen LogP contribution in [0, 0.1) is 0 Å². The van der Waals surface area contributed by atoms with Crippen molar-refractivity contribution in [2.45, 2.75) is 6.42 Å². The number of pyridine rings is 1. The van der Waals surface area contributed by atoms with Gasteiger partial charge >= 0.3 is 0 Å². The average molecular weight is 358 g/mol. The van der Waals surface area contributed by atoms with Crippen LogP contribution >= 0.6 is 0 Å². The van der Waals surface area contributed by atoms with Gasteiger partial charge in [0.05, 0.1) is 0 Å². The van der Waals surface area contributed by atoms with Crippen LogP contribution in [0.15, 0.2) is 67.0 Å². The van der Waals surface area contributed by atoms with Crippen molar-refractivity contribution in [1.82, 2.24) is 4.98 Å². The molecule has 0 bridgehead atoms. The first-order chi connectivity index (χ1) is 13.2. The number of fused-ring (bicyclic) bond motifs is 1. The van der Waals surface area contributed by atoms with Crippen LogP contribution in [0.2, 0.25) is 0 Å². The number of hydrogen-bond donors (Lipinski definition) is 1. The molecule has 1 aliphatic rings. The molecule has 4 rings (SSSR count). The Bertz CT molecular complexity index is 1010. The van der Waals surface area contributed by atoms with Crippen LogP contribution in [0.25, 0.3) is 6.08 Å². The lowest BCUT2D eigenvalue weighted by atomic mass is 9.96. The molecule has 0 saturated heterocycles. The summed E-state index contributed by atoms with van der Waals surface area (Å²) in [6.45, 7) is 0.258. The van der Waals surface area contributed by atoms with E-state index in [0.717, 1.165) is 22.6 Å². The van der Waals surface area contributed by atoms with Crippen LogP contribution in [0.1, 0.15) is 27.0 Å². The van der Waals surface area contributed by atoms with Crippen LogP contribution in [-0.4, -0.2) is 17.6 Å². The first-order valence-corrected chi connectivity index (χ1v) is 8.60. The third-order valence-electron chi connectivity index (χ3n) is 4.37. The van der Waals surface area contributed by atoms with Gasteiger partial charge in [0.1, 0.15) is 0 Å². The van der Waals surface area contributed by atoms with Gasteiger partial charge in [0, 0.05) is 29.2 Å². The van der Waals surface area contributed by atoms with Crippen LogP contribution in [0.3, 0.4) is 0 Å². The van der Waals surface area contributed by atoms with Crippen molar-refractivity contribution in [2.24, 2.45) is 0 Å². The molecule has 2 aromatic carbocycles. The van der Waals surface area contributed by atoms with Gasteiger partial charge < -0.3 is 15.2 Å².